The molecule has 0 radical (unpaired) electrons. The van der Waals surface area contributed by atoms with Gasteiger partial charge in [0, 0.05) is 4.92 Å². The standard InChI is InChI=1S/C9H11N3O3/c1-6-2-3-8(7(10)4-6)11-9(13)5-12(14)15/h2-4H,5,10H2,1H3,(H,11,13). The van der Waals surface area contributed by atoms with E-state index in [4.69, 9.17) is 5.73 Å². The average Bonchev–Trinajstić information content (AvgIpc) is 2.08. The molecule has 80 valence electrons. The molecule has 1 aromatic carbocycles. The van der Waals surface area contributed by atoms with Gasteiger partial charge in [-0.3, -0.25) is 14.9 Å². The molecule has 0 aliphatic rings. The van der Waals surface area contributed by atoms with Crippen molar-refractivity contribution in [2.45, 2.75) is 6.92 Å². The third kappa shape index (κ3) is 3.26. The van der Waals surface area contributed by atoms with Gasteiger partial charge in [-0.05, 0) is 24.6 Å². The van der Waals surface area contributed by atoms with Gasteiger partial charge < -0.3 is 11.1 Å². The first-order chi connectivity index (χ1) is 6.99. The molecule has 0 bridgehead atoms. The minimum Gasteiger partial charge on any atom is -0.397 e. The van der Waals surface area contributed by atoms with Crippen molar-refractivity contribution in [3.63, 3.8) is 0 Å². The van der Waals surface area contributed by atoms with Crippen LogP contribution in [0.4, 0.5) is 11.4 Å². The molecule has 0 fully saturated rings. The maximum Gasteiger partial charge on any atom is 0.296 e. The molecule has 3 N–H and O–H groups in total. The highest BCUT2D eigenvalue weighted by atomic mass is 16.6. The lowest BCUT2D eigenvalue weighted by molar-refractivity contribution is -0.467. The fourth-order valence-electron chi connectivity index (χ4n) is 1.10. The highest BCUT2D eigenvalue weighted by molar-refractivity contribution is 5.94. The lowest BCUT2D eigenvalue weighted by Gasteiger charge is -2.06. The minimum absolute atomic E-state index is 0.395. The monoisotopic (exact) mass is 209 g/mol. The summed E-state index contributed by atoms with van der Waals surface area (Å²) in [6.07, 6.45) is 0. The van der Waals surface area contributed by atoms with Crippen molar-refractivity contribution >= 4 is 17.3 Å². The van der Waals surface area contributed by atoms with Crippen LogP contribution in [0.15, 0.2) is 18.2 Å². The summed E-state index contributed by atoms with van der Waals surface area (Å²) in [5, 5.41) is 12.4. The normalized spacial score (nSPS) is 9.67. The van der Waals surface area contributed by atoms with Crippen molar-refractivity contribution in [1.29, 1.82) is 0 Å². The number of nitro groups is 1. The third-order valence-electron chi connectivity index (χ3n) is 1.75. The van der Waals surface area contributed by atoms with Crippen molar-refractivity contribution in [2.75, 3.05) is 17.6 Å². The van der Waals surface area contributed by atoms with E-state index in [1.165, 1.54) is 0 Å². The van der Waals surface area contributed by atoms with Crippen molar-refractivity contribution < 1.29 is 9.72 Å². The van der Waals surface area contributed by atoms with Crippen LogP contribution in [0.5, 0.6) is 0 Å². The zero-order chi connectivity index (χ0) is 11.4. The number of hydrogen-bond donors (Lipinski definition) is 2. The number of rotatable bonds is 3. The van der Waals surface area contributed by atoms with Gasteiger partial charge in [-0.25, -0.2) is 0 Å². The van der Waals surface area contributed by atoms with E-state index in [0.717, 1.165) is 5.56 Å². The summed E-state index contributed by atoms with van der Waals surface area (Å²) in [5.74, 6) is -0.685. The quantitative estimate of drug-likeness (QED) is 0.436. The smallest absolute Gasteiger partial charge is 0.296 e. The Balaban J connectivity index is 2.72. The first-order valence-corrected chi connectivity index (χ1v) is 4.27. The molecule has 1 aromatic rings. The van der Waals surface area contributed by atoms with Gasteiger partial charge in [0.15, 0.2) is 0 Å². The molecule has 0 saturated heterocycles. The molecule has 0 spiro atoms. The molecule has 1 amide bonds. The number of nitrogens with two attached hydrogens (primary N) is 1. The SMILES string of the molecule is Cc1ccc(NC(=O)C[N+](=O)[O-])c(N)c1. The highest BCUT2D eigenvalue weighted by Gasteiger charge is 2.10. The lowest BCUT2D eigenvalue weighted by Crippen LogP contribution is -2.22. The summed E-state index contributed by atoms with van der Waals surface area (Å²) in [5.41, 5.74) is 7.36. The van der Waals surface area contributed by atoms with E-state index < -0.39 is 17.4 Å². The van der Waals surface area contributed by atoms with Crippen molar-refractivity contribution in [3.05, 3.63) is 33.9 Å². The van der Waals surface area contributed by atoms with Gasteiger partial charge in [-0.2, -0.15) is 0 Å². The second-order valence-corrected chi connectivity index (χ2v) is 3.13. The number of nitrogen functional groups attached to an aromatic ring is 1. The van der Waals surface area contributed by atoms with Crippen LogP contribution >= 0.6 is 0 Å². The van der Waals surface area contributed by atoms with Gasteiger partial charge in [0.1, 0.15) is 0 Å². The molecule has 15 heavy (non-hydrogen) atoms. The first kappa shape index (κ1) is 11.0. The molecule has 0 aliphatic heterocycles. The van der Waals surface area contributed by atoms with Crippen LogP contribution in [-0.2, 0) is 4.79 Å². The van der Waals surface area contributed by atoms with E-state index >= 15 is 0 Å². The Hall–Kier alpha value is -2.11. The summed E-state index contributed by atoms with van der Waals surface area (Å²) >= 11 is 0. The van der Waals surface area contributed by atoms with Crippen LogP contribution in [0.2, 0.25) is 0 Å². The number of nitrogens with one attached hydrogen (secondary N) is 1. The van der Waals surface area contributed by atoms with Gasteiger partial charge in [0.25, 0.3) is 12.5 Å². The second kappa shape index (κ2) is 4.41. The second-order valence-electron chi connectivity index (χ2n) is 3.13. The fraction of sp³-hybridized carbons (Fsp3) is 0.222. The number of anilines is 2. The molecular weight excluding hydrogens is 198 g/mol. The van der Waals surface area contributed by atoms with Crippen LogP contribution in [-0.4, -0.2) is 17.4 Å². The number of benzene rings is 1. The molecule has 1 rings (SSSR count). The Kier molecular flexibility index (Phi) is 3.22. The van der Waals surface area contributed by atoms with Crippen molar-refractivity contribution in [2.24, 2.45) is 0 Å². The molecule has 0 unspecified atom stereocenters. The number of amides is 1. The molecule has 0 atom stereocenters. The Morgan fingerprint density at radius 1 is 1.60 bits per heavy atom. The van der Waals surface area contributed by atoms with Crippen LogP contribution < -0.4 is 11.1 Å². The fourth-order valence-corrected chi connectivity index (χ4v) is 1.10. The highest BCUT2D eigenvalue weighted by Crippen LogP contribution is 2.18. The van der Waals surface area contributed by atoms with Crippen LogP contribution in [0, 0.1) is 17.0 Å². The zero-order valence-electron chi connectivity index (χ0n) is 8.19. The van der Waals surface area contributed by atoms with Gasteiger partial charge in [-0.15, -0.1) is 0 Å². The van der Waals surface area contributed by atoms with Gasteiger partial charge in [0.2, 0.25) is 0 Å². The largest absolute Gasteiger partial charge is 0.397 e. The summed E-state index contributed by atoms with van der Waals surface area (Å²) in [6, 6.07) is 5.06. The lowest BCUT2D eigenvalue weighted by atomic mass is 10.2. The van der Waals surface area contributed by atoms with Crippen LogP contribution in [0.3, 0.4) is 0 Å². The Morgan fingerprint density at radius 3 is 2.80 bits per heavy atom. The van der Waals surface area contributed by atoms with Gasteiger partial charge in [-0.1, -0.05) is 6.07 Å². The predicted molar refractivity (Wildman–Crippen MR) is 56.1 cm³/mol. The van der Waals surface area contributed by atoms with Crippen LogP contribution in [0.25, 0.3) is 0 Å². The van der Waals surface area contributed by atoms with E-state index in [-0.39, 0.29) is 0 Å². The molecule has 0 saturated carbocycles. The predicted octanol–water partition coefficient (Wildman–Crippen LogP) is 0.792. The minimum atomic E-state index is -0.757. The molecular formula is C9H11N3O3. The number of aryl methyl sites for hydroxylation is 1. The molecule has 0 aromatic heterocycles. The summed E-state index contributed by atoms with van der Waals surface area (Å²) < 4.78 is 0. The van der Waals surface area contributed by atoms with Crippen molar-refractivity contribution in [3.8, 4) is 0 Å². The third-order valence-corrected chi connectivity index (χ3v) is 1.75. The number of nitrogens with zero attached hydrogens (tertiary/aromatic N) is 1. The van der Waals surface area contributed by atoms with Crippen molar-refractivity contribution in [1.82, 2.24) is 0 Å². The molecule has 0 heterocycles. The zero-order valence-corrected chi connectivity index (χ0v) is 8.19. The summed E-state index contributed by atoms with van der Waals surface area (Å²) in [4.78, 5) is 20.4. The maximum atomic E-state index is 11.1. The molecule has 6 heteroatoms. The Morgan fingerprint density at radius 2 is 2.27 bits per heavy atom. The van der Waals surface area contributed by atoms with Gasteiger partial charge >= 0.3 is 0 Å². The van der Waals surface area contributed by atoms with Crippen LogP contribution in [0.1, 0.15) is 5.56 Å². The molecule has 6 nitrogen and oxygen atoms in total. The number of carbonyl (C=O) groups excluding carboxylic acids is 1. The van der Waals surface area contributed by atoms with E-state index in [1.807, 2.05) is 6.92 Å². The number of hydrogen-bond acceptors (Lipinski definition) is 4. The number of carbonyl (C=O) groups is 1. The van der Waals surface area contributed by atoms with Gasteiger partial charge in [0.05, 0.1) is 11.4 Å². The average molecular weight is 209 g/mol. The van der Waals surface area contributed by atoms with E-state index in [0.29, 0.717) is 11.4 Å². The summed E-state index contributed by atoms with van der Waals surface area (Å²) in [7, 11) is 0. The first-order valence-electron chi connectivity index (χ1n) is 4.27. The molecule has 0 aliphatic carbocycles. The van der Waals surface area contributed by atoms with E-state index in [9.17, 15) is 14.9 Å². The topological polar surface area (TPSA) is 98.3 Å². The summed E-state index contributed by atoms with van der Waals surface area (Å²) in [6.45, 7) is 1.10. The van der Waals surface area contributed by atoms with E-state index in [1.54, 1.807) is 18.2 Å². The maximum absolute atomic E-state index is 11.1. The Bertz CT molecular complexity index is 404. The Labute approximate surface area is 86.2 Å². The van der Waals surface area contributed by atoms with E-state index in [2.05, 4.69) is 5.32 Å².